The molecule has 2 atom stereocenters. The van der Waals surface area contributed by atoms with E-state index in [0.717, 1.165) is 18.5 Å². The van der Waals surface area contributed by atoms with Gasteiger partial charge in [0.2, 0.25) is 0 Å². The van der Waals surface area contributed by atoms with E-state index in [9.17, 15) is 14.0 Å². The van der Waals surface area contributed by atoms with Crippen molar-refractivity contribution >= 4 is 17.2 Å². The molecule has 2 saturated carbocycles. The van der Waals surface area contributed by atoms with E-state index in [4.69, 9.17) is 14.5 Å². The molecule has 2 bridgehead atoms. The molecule has 0 radical (unpaired) electrons. The van der Waals surface area contributed by atoms with E-state index >= 15 is 0 Å². The molecule has 0 spiro atoms. The number of hydrogen-bond donors (Lipinski definition) is 1. The highest BCUT2D eigenvalue weighted by Crippen LogP contribution is 2.58. The Kier molecular flexibility index (Phi) is 4.49. The number of aromatic nitrogens is 3. The number of anilines is 1. The van der Waals surface area contributed by atoms with Gasteiger partial charge in [-0.25, -0.2) is 9.37 Å². The van der Waals surface area contributed by atoms with Gasteiger partial charge in [0.25, 0.3) is 11.5 Å². The number of alkyl halides is 1. The van der Waals surface area contributed by atoms with Crippen LogP contribution < -0.4 is 15.6 Å². The van der Waals surface area contributed by atoms with Crippen molar-refractivity contribution in [3.05, 3.63) is 58.4 Å². The standard InChI is InChI=1S/C25H27FN4O4/c1-14(2)34-19-8-21-28-20(25-11-24(3,12-25)33-13-25)10-29(21)9-15(19)22(31)27-17-5-4-6-30(23(17)32)18-7-16(18)26/h4-6,8-10,14,16,18H,7,11-13H2,1-3H3,(H,27,31)/t16?,18?,24-,25-. The second kappa shape index (κ2) is 7.15. The number of nitrogens with one attached hydrogen (secondary N) is 1. The van der Waals surface area contributed by atoms with Crippen LogP contribution in [0, 0.1) is 0 Å². The van der Waals surface area contributed by atoms with Crippen LogP contribution in [0.25, 0.3) is 5.65 Å². The summed E-state index contributed by atoms with van der Waals surface area (Å²) < 4.78 is 28.5. The third-order valence-corrected chi connectivity index (χ3v) is 7.09. The van der Waals surface area contributed by atoms with Crippen molar-refractivity contribution in [2.75, 3.05) is 11.9 Å². The zero-order chi connectivity index (χ0) is 23.8. The van der Waals surface area contributed by atoms with Crippen molar-refractivity contribution in [2.45, 2.75) is 69.4 Å². The molecule has 8 nitrogen and oxygen atoms in total. The third-order valence-electron chi connectivity index (χ3n) is 7.09. The van der Waals surface area contributed by atoms with Crippen LogP contribution in [0.5, 0.6) is 5.75 Å². The summed E-state index contributed by atoms with van der Waals surface area (Å²) in [5, 5.41) is 2.70. The van der Waals surface area contributed by atoms with Gasteiger partial charge in [-0.15, -0.1) is 0 Å². The van der Waals surface area contributed by atoms with Gasteiger partial charge >= 0.3 is 0 Å². The van der Waals surface area contributed by atoms with E-state index in [0.29, 0.717) is 24.4 Å². The molecule has 3 aromatic heterocycles. The van der Waals surface area contributed by atoms with Crippen LogP contribution in [-0.4, -0.2) is 44.3 Å². The van der Waals surface area contributed by atoms with E-state index in [1.807, 2.05) is 24.4 Å². The Labute approximate surface area is 195 Å². The minimum atomic E-state index is -1.02. The van der Waals surface area contributed by atoms with Crippen LogP contribution in [0.2, 0.25) is 0 Å². The Morgan fingerprint density at radius 2 is 2.12 bits per heavy atom. The molecular weight excluding hydrogens is 439 g/mol. The highest BCUT2D eigenvalue weighted by molar-refractivity contribution is 6.06. The summed E-state index contributed by atoms with van der Waals surface area (Å²) in [4.78, 5) is 30.9. The molecule has 4 fully saturated rings. The summed E-state index contributed by atoms with van der Waals surface area (Å²) in [6, 6.07) is 4.45. The van der Waals surface area contributed by atoms with Crippen LogP contribution in [-0.2, 0) is 10.2 Å². The monoisotopic (exact) mass is 466 g/mol. The molecule has 3 aromatic rings. The van der Waals surface area contributed by atoms with Crippen molar-refractivity contribution in [1.82, 2.24) is 14.0 Å². The quantitative estimate of drug-likeness (QED) is 0.600. The van der Waals surface area contributed by atoms with Crippen molar-refractivity contribution in [3.63, 3.8) is 0 Å². The predicted octanol–water partition coefficient (Wildman–Crippen LogP) is 3.64. The molecule has 2 saturated heterocycles. The molecular formula is C25H27FN4O4. The average Bonchev–Trinajstić information content (AvgIpc) is 3.08. The molecule has 178 valence electrons. The highest BCUT2D eigenvalue weighted by atomic mass is 19.1. The van der Waals surface area contributed by atoms with E-state index in [1.165, 1.54) is 10.6 Å². The first-order chi connectivity index (χ1) is 16.2. The van der Waals surface area contributed by atoms with E-state index in [2.05, 4.69) is 12.2 Å². The van der Waals surface area contributed by atoms with Gasteiger partial charge in [-0.1, -0.05) is 0 Å². The summed E-state index contributed by atoms with van der Waals surface area (Å²) in [5.41, 5.74) is 1.46. The fourth-order valence-electron chi connectivity index (χ4n) is 5.44. The highest BCUT2D eigenvalue weighted by Gasteiger charge is 2.61. The SMILES string of the molecule is CC(C)Oc1cc2nc([C@]34CO[C@](C)(C3)C4)cn2cc1C(=O)Nc1cccn(C2CC2F)c1=O. The maximum absolute atomic E-state index is 13.5. The number of nitrogens with zero attached hydrogens (tertiary/aromatic N) is 3. The number of rotatable bonds is 6. The lowest BCUT2D eigenvalue weighted by atomic mass is 9.62. The second-order valence-corrected chi connectivity index (χ2v) is 10.4. The smallest absolute Gasteiger partial charge is 0.274 e. The zero-order valence-electron chi connectivity index (χ0n) is 19.4. The van der Waals surface area contributed by atoms with Crippen LogP contribution in [0.4, 0.5) is 10.1 Å². The summed E-state index contributed by atoms with van der Waals surface area (Å²) in [6.07, 6.45) is 6.18. The van der Waals surface area contributed by atoms with Crippen molar-refractivity contribution in [3.8, 4) is 5.75 Å². The Hall–Kier alpha value is -3.20. The largest absolute Gasteiger partial charge is 0.490 e. The first kappa shape index (κ1) is 21.3. The number of pyridine rings is 2. The van der Waals surface area contributed by atoms with Gasteiger partial charge in [0.1, 0.15) is 23.3 Å². The third kappa shape index (κ3) is 3.33. The summed E-state index contributed by atoms with van der Waals surface area (Å²) in [5.74, 6) is -0.0909. The molecule has 34 heavy (non-hydrogen) atoms. The Balaban J connectivity index is 1.35. The Bertz CT molecular complexity index is 1370. The number of hydrogen-bond acceptors (Lipinski definition) is 5. The summed E-state index contributed by atoms with van der Waals surface area (Å²) >= 11 is 0. The van der Waals surface area contributed by atoms with E-state index in [1.54, 1.807) is 24.5 Å². The molecule has 2 aliphatic carbocycles. The fourth-order valence-corrected chi connectivity index (χ4v) is 5.44. The Morgan fingerprint density at radius 1 is 1.35 bits per heavy atom. The molecule has 5 heterocycles. The molecule has 9 heteroatoms. The molecule has 1 amide bonds. The summed E-state index contributed by atoms with van der Waals surface area (Å²) in [7, 11) is 0. The molecule has 7 rings (SSSR count). The van der Waals surface area contributed by atoms with Crippen LogP contribution >= 0.6 is 0 Å². The van der Waals surface area contributed by atoms with Crippen LogP contribution in [0.3, 0.4) is 0 Å². The van der Waals surface area contributed by atoms with Crippen LogP contribution in [0.15, 0.2) is 41.6 Å². The lowest BCUT2D eigenvalue weighted by Gasteiger charge is -2.41. The van der Waals surface area contributed by atoms with E-state index < -0.39 is 23.7 Å². The van der Waals surface area contributed by atoms with Gasteiger partial charge in [0.15, 0.2) is 0 Å². The number of carbonyl (C=O) groups is 1. The molecule has 1 N–H and O–H groups in total. The fraction of sp³-hybridized carbons (Fsp3) is 0.480. The lowest BCUT2D eigenvalue weighted by Crippen LogP contribution is -2.45. The van der Waals surface area contributed by atoms with Gasteiger partial charge in [0.05, 0.1) is 35.6 Å². The number of halogens is 1. The van der Waals surface area contributed by atoms with Crippen molar-refractivity contribution < 1.29 is 18.7 Å². The molecule has 2 unspecified atom stereocenters. The summed E-state index contributed by atoms with van der Waals surface area (Å²) in [6.45, 7) is 6.54. The van der Waals surface area contributed by atoms with Crippen molar-refractivity contribution in [1.29, 1.82) is 0 Å². The minimum absolute atomic E-state index is 0.0576. The number of imidazole rings is 1. The normalized spacial score (nSPS) is 29.3. The predicted molar refractivity (Wildman–Crippen MR) is 123 cm³/mol. The molecule has 4 aliphatic rings. The molecule has 0 aromatic carbocycles. The number of ether oxygens (including phenoxy) is 2. The lowest BCUT2D eigenvalue weighted by molar-refractivity contribution is 0.0154. The average molecular weight is 467 g/mol. The van der Waals surface area contributed by atoms with Gasteiger partial charge in [-0.3, -0.25) is 9.59 Å². The topological polar surface area (TPSA) is 86.9 Å². The Morgan fingerprint density at radius 3 is 2.76 bits per heavy atom. The maximum atomic E-state index is 13.5. The van der Waals surface area contributed by atoms with Gasteiger partial charge < -0.3 is 23.8 Å². The second-order valence-electron chi connectivity index (χ2n) is 10.4. The van der Waals surface area contributed by atoms with Crippen LogP contribution in [0.1, 0.15) is 62.1 Å². The first-order valence-corrected chi connectivity index (χ1v) is 11.7. The van der Waals surface area contributed by atoms with Crippen molar-refractivity contribution in [2.24, 2.45) is 0 Å². The maximum Gasteiger partial charge on any atom is 0.274 e. The first-order valence-electron chi connectivity index (χ1n) is 11.7. The number of fused-ring (bicyclic) bond motifs is 2. The molecule has 2 aliphatic heterocycles. The number of carbonyl (C=O) groups excluding carboxylic acids is 1. The number of amides is 1. The zero-order valence-corrected chi connectivity index (χ0v) is 19.4. The van der Waals surface area contributed by atoms with Gasteiger partial charge in [-0.2, -0.15) is 0 Å². The van der Waals surface area contributed by atoms with E-state index in [-0.39, 0.29) is 28.4 Å². The van der Waals surface area contributed by atoms with Gasteiger partial charge in [0, 0.05) is 36.5 Å². The van der Waals surface area contributed by atoms with Gasteiger partial charge in [-0.05, 0) is 45.7 Å². The minimum Gasteiger partial charge on any atom is -0.490 e.